The van der Waals surface area contributed by atoms with Gasteiger partial charge in [0, 0.05) is 30.4 Å². The third-order valence-electron chi connectivity index (χ3n) is 9.09. The molecule has 2 N–H and O–H groups in total. The van der Waals surface area contributed by atoms with E-state index in [-0.39, 0.29) is 6.54 Å². The molecule has 1 aromatic heterocycles. The van der Waals surface area contributed by atoms with Gasteiger partial charge in [0.25, 0.3) is 5.91 Å². The van der Waals surface area contributed by atoms with Crippen LogP contribution in [-0.2, 0) is 9.59 Å². The van der Waals surface area contributed by atoms with Gasteiger partial charge in [-0.3, -0.25) is 14.6 Å². The standard InChI is InChI=1S/C25H25F3N6O2/c26-25(27,28)24-13-23(24,21(36)34(30)20(35)22-5-9-32(10-6-22)11-7-22)14-33(15-24)18-4-3-16(12-29)19-17(18)2-1-8-31-19/h1-4,8H,5-7,9-11,13-15,30H2/t23-,24-/m0/s1. The maximum absolute atomic E-state index is 14.5. The molecule has 0 spiro atoms. The summed E-state index contributed by atoms with van der Waals surface area (Å²) in [6.45, 7) is 1.51. The third kappa shape index (κ3) is 2.91. The fourth-order valence-electron chi connectivity index (χ4n) is 6.82. The highest BCUT2D eigenvalue weighted by molar-refractivity contribution is 6.03. The molecule has 4 saturated heterocycles. The second kappa shape index (κ2) is 7.40. The first-order valence-corrected chi connectivity index (χ1v) is 12.0. The summed E-state index contributed by atoms with van der Waals surface area (Å²) < 4.78 is 43.5. The van der Waals surface area contributed by atoms with Crippen molar-refractivity contribution in [3.05, 3.63) is 36.0 Å². The minimum atomic E-state index is -4.66. The van der Waals surface area contributed by atoms with Crippen molar-refractivity contribution in [3.8, 4) is 6.07 Å². The summed E-state index contributed by atoms with van der Waals surface area (Å²) in [7, 11) is 0. The Morgan fingerprint density at radius 3 is 2.42 bits per heavy atom. The van der Waals surface area contributed by atoms with Gasteiger partial charge >= 0.3 is 6.18 Å². The normalized spacial score (nSPS) is 32.8. The van der Waals surface area contributed by atoms with Gasteiger partial charge in [0.1, 0.15) is 11.5 Å². The molecule has 1 saturated carbocycles. The van der Waals surface area contributed by atoms with Crippen LogP contribution in [0.2, 0.25) is 0 Å². The number of rotatable bonds is 3. The van der Waals surface area contributed by atoms with E-state index in [0.717, 1.165) is 19.6 Å². The smallest absolute Gasteiger partial charge is 0.369 e. The van der Waals surface area contributed by atoms with E-state index in [9.17, 15) is 28.0 Å². The number of carbonyl (C=O) groups is 2. The lowest BCUT2D eigenvalue weighted by Crippen LogP contribution is -2.60. The lowest BCUT2D eigenvalue weighted by atomic mass is 9.71. The molecule has 188 valence electrons. The van der Waals surface area contributed by atoms with E-state index in [2.05, 4.69) is 16.0 Å². The molecule has 1 aromatic carbocycles. The highest BCUT2D eigenvalue weighted by Crippen LogP contribution is 2.75. The molecular formula is C25H25F3N6O2. The van der Waals surface area contributed by atoms with Crippen LogP contribution in [-0.4, -0.2) is 65.6 Å². The third-order valence-corrected chi connectivity index (χ3v) is 9.09. The molecule has 36 heavy (non-hydrogen) atoms. The van der Waals surface area contributed by atoms with E-state index in [4.69, 9.17) is 5.84 Å². The molecule has 2 amide bonds. The molecule has 2 atom stereocenters. The van der Waals surface area contributed by atoms with Crippen LogP contribution in [0.5, 0.6) is 0 Å². The van der Waals surface area contributed by atoms with Crippen LogP contribution in [0.3, 0.4) is 0 Å². The summed E-state index contributed by atoms with van der Waals surface area (Å²) in [6, 6.07) is 8.52. The largest absolute Gasteiger partial charge is 0.397 e. The molecule has 5 heterocycles. The SMILES string of the molecule is N#Cc1ccc(N2C[C@]3(C(=O)N(N)C(=O)C45CCN(CC4)CC5)C[C@]3(C(F)(F)F)C2)c2cccnc12. The summed E-state index contributed by atoms with van der Waals surface area (Å²) in [5.41, 5.74) is -3.73. The number of nitrogens with two attached hydrogens (primary N) is 1. The Balaban J connectivity index is 1.35. The summed E-state index contributed by atoms with van der Waals surface area (Å²) in [5.74, 6) is 4.55. The lowest BCUT2D eigenvalue weighted by molar-refractivity contribution is -0.194. The number of benzene rings is 1. The Hall–Kier alpha value is -3.23. The molecule has 0 radical (unpaired) electrons. The van der Waals surface area contributed by atoms with E-state index in [1.54, 1.807) is 18.2 Å². The number of piperidine rings is 4. The van der Waals surface area contributed by atoms with E-state index >= 15 is 0 Å². The molecule has 4 aliphatic heterocycles. The van der Waals surface area contributed by atoms with Crippen molar-refractivity contribution < 1.29 is 22.8 Å². The summed E-state index contributed by atoms with van der Waals surface area (Å²) >= 11 is 0. The number of imide groups is 1. The monoisotopic (exact) mass is 498 g/mol. The van der Waals surface area contributed by atoms with Crippen molar-refractivity contribution in [2.24, 2.45) is 22.1 Å². The van der Waals surface area contributed by atoms with Crippen molar-refractivity contribution in [2.45, 2.75) is 31.9 Å². The zero-order valence-electron chi connectivity index (χ0n) is 19.5. The van der Waals surface area contributed by atoms with Crippen molar-refractivity contribution in [2.75, 3.05) is 37.6 Å². The Kier molecular flexibility index (Phi) is 4.76. The molecule has 2 bridgehead atoms. The van der Waals surface area contributed by atoms with Gasteiger partial charge in [-0.25, -0.2) is 10.9 Å². The Bertz CT molecular complexity index is 1320. The number of amides is 2. The fourth-order valence-corrected chi connectivity index (χ4v) is 6.82. The van der Waals surface area contributed by atoms with E-state index in [1.807, 2.05) is 0 Å². The molecular weight excluding hydrogens is 473 g/mol. The van der Waals surface area contributed by atoms with E-state index in [1.165, 1.54) is 17.2 Å². The number of fused-ring (bicyclic) bond motifs is 5. The van der Waals surface area contributed by atoms with Gasteiger partial charge in [-0.2, -0.15) is 18.4 Å². The van der Waals surface area contributed by atoms with Crippen LogP contribution < -0.4 is 10.7 Å². The number of anilines is 1. The minimum absolute atomic E-state index is 0.219. The zero-order valence-corrected chi connectivity index (χ0v) is 19.5. The van der Waals surface area contributed by atoms with E-state index < -0.39 is 47.2 Å². The zero-order chi connectivity index (χ0) is 25.5. The number of halogens is 3. The molecule has 0 unspecified atom stereocenters. The number of hydrazine groups is 1. The number of pyridine rings is 1. The quantitative estimate of drug-likeness (QED) is 0.300. The van der Waals surface area contributed by atoms with Crippen molar-refractivity contribution >= 4 is 28.4 Å². The van der Waals surface area contributed by atoms with Crippen LogP contribution in [0.4, 0.5) is 18.9 Å². The molecule has 2 aromatic rings. The number of alkyl halides is 3. The van der Waals surface area contributed by atoms with Crippen LogP contribution >= 0.6 is 0 Å². The molecule has 5 fully saturated rings. The van der Waals surface area contributed by atoms with Crippen LogP contribution in [0.1, 0.15) is 31.2 Å². The predicted molar refractivity (Wildman–Crippen MR) is 123 cm³/mol. The van der Waals surface area contributed by atoms with Crippen molar-refractivity contribution in [1.82, 2.24) is 14.9 Å². The number of hydrogen-bond acceptors (Lipinski definition) is 7. The number of carbonyl (C=O) groups excluding carboxylic acids is 2. The first-order chi connectivity index (χ1) is 17.1. The van der Waals surface area contributed by atoms with E-state index in [0.29, 0.717) is 46.4 Å². The predicted octanol–water partition coefficient (Wildman–Crippen LogP) is 2.58. The fraction of sp³-hybridized carbons (Fsp3) is 0.520. The number of aromatic nitrogens is 1. The number of nitrogens with zero attached hydrogens (tertiary/aromatic N) is 5. The van der Waals surface area contributed by atoms with Crippen molar-refractivity contribution in [1.29, 1.82) is 5.26 Å². The van der Waals surface area contributed by atoms with Crippen LogP contribution in [0.15, 0.2) is 30.5 Å². The topological polar surface area (TPSA) is 107 Å². The second-order valence-electron chi connectivity index (χ2n) is 10.7. The summed E-state index contributed by atoms with van der Waals surface area (Å²) in [4.78, 5) is 35.1. The van der Waals surface area contributed by atoms with Crippen LogP contribution in [0, 0.1) is 27.6 Å². The lowest BCUT2D eigenvalue weighted by Gasteiger charge is -2.48. The van der Waals surface area contributed by atoms with Crippen LogP contribution in [0.25, 0.3) is 10.9 Å². The average Bonchev–Trinajstić information content (AvgIpc) is 3.44. The number of hydrogen-bond donors (Lipinski definition) is 1. The molecule has 5 aliphatic rings. The Morgan fingerprint density at radius 1 is 1.08 bits per heavy atom. The molecule has 11 heteroatoms. The minimum Gasteiger partial charge on any atom is -0.369 e. The first kappa shape index (κ1) is 23.2. The van der Waals surface area contributed by atoms with Gasteiger partial charge in [0.2, 0.25) is 5.91 Å². The number of nitriles is 1. The Labute approximate surface area is 205 Å². The molecule has 1 aliphatic carbocycles. The molecule has 7 rings (SSSR count). The summed E-state index contributed by atoms with van der Waals surface area (Å²) in [5, 5.41) is 10.5. The highest BCUT2D eigenvalue weighted by atomic mass is 19.4. The maximum Gasteiger partial charge on any atom is 0.397 e. The van der Waals surface area contributed by atoms with Gasteiger partial charge in [0.05, 0.1) is 21.9 Å². The van der Waals surface area contributed by atoms with Gasteiger partial charge in [-0.05, 0) is 69.6 Å². The Morgan fingerprint density at radius 2 is 1.78 bits per heavy atom. The first-order valence-electron chi connectivity index (χ1n) is 12.0. The highest BCUT2D eigenvalue weighted by Gasteiger charge is 2.87. The summed E-state index contributed by atoms with van der Waals surface area (Å²) in [6.07, 6.45) is -1.87. The second-order valence-corrected chi connectivity index (χ2v) is 10.7. The average molecular weight is 499 g/mol. The van der Waals surface area contributed by atoms with Gasteiger partial charge in [0.15, 0.2) is 0 Å². The van der Waals surface area contributed by atoms with Gasteiger partial charge < -0.3 is 9.80 Å². The molecule has 8 nitrogen and oxygen atoms in total. The van der Waals surface area contributed by atoms with Gasteiger partial charge in [-0.15, -0.1) is 0 Å². The van der Waals surface area contributed by atoms with Gasteiger partial charge in [-0.1, -0.05) is 0 Å². The van der Waals surface area contributed by atoms with Crippen molar-refractivity contribution in [3.63, 3.8) is 0 Å². The maximum atomic E-state index is 14.5.